The molecule has 2 aromatic heterocycles. The van der Waals surface area contributed by atoms with E-state index in [1.807, 2.05) is 57.5 Å². The van der Waals surface area contributed by atoms with Gasteiger partial charge >= 0.3 is 0 Å². The van der Waals surface area contributed by atoms with E-state index in [0.717, 1.165) is 46.4 Å². The van der Waals surface area contributed by atoms with E-state index >= 15 is 0 Å². The highest BCUT2D eigenvalue weighted by atomic mass is 32.2. The Bertz CT molecular complexity index is 2070. The summed E-state index contributed by atoms with van der Waals surface area (Å²) < 4.78 is 35.4. The SMILES string of the molecule is CN(C)CCCOc1ncc(-c2ccc3ncc4c(c3c2)C2(CN(c3ccccc3)C2)C(=O)N4C)cc1NS(=O)(=O)c1ccccc1. The van der Waals surface area contributed by atoms with E-state index in [1.54, 1.807) is 53.7 Å². The van der Waals surface area contributed by atoms with E-state index in [9.17, 15) is 13.2 Å². The van der Waals surface area contributed by atoms with Crippen LogP contribution in [-0.2, 0) is 20.2 Å². The summed E-state index contributed by atoms with van der Waals surface area (Å²) in [7, 11) is 1.88. The van der Waals surface area contributed by atoms with Gasteiger partial charge in [0, 0.05) is 55.1 Å². The van der Waals surface area contributed by atoms with Gasteiger partial charge in [-0.05, 0) is 68.5 Å². The van der Waals surface area contributed by atoms with Gasteiger partial charge in [0.05, 0.1) is 28.9 Å². The summed E-state index contributed by atoms with van der Waals surface area (Å²) in [5, 5.41) is 0.890. The molecule has 1 amide bonds. The maximum Gasteiger partial charge on any atom is 0.262 e. The Balaban J connectivity index is 1.27. The van der Waals surface area contributed by atoms with Crippen molar-refractivity contribution < 1.29 is 17.9 Å². The van der Waals surface area contributed by atoms with E-state index in [-0.39, 0.29) is 22.4 Å². The van der Waals surface area contributed by atoms with Crippen molar-refractivity contribution in [3.8, 4) is 17.0 Å². The number of nitrogens with one attached hydrogen (secondary N) is 1. The number of nitrogens with zero attached hydrogens (tertiary/aromatic N) is 5. The van der Waals surface area contributed by atoms with E-state index < -0.39 is 15.4 Å². The van der Waals surface area contributed by atoms with Crippen molar-refractivity contribution in [2.45, 2.75) is 16.7 Å². The molecule has 1 fully saturated rings. The van der Waals surface area contributed by atoms with Crippen molar-refractivity contribution >= 4 is 43.9 Å². The van der Waals surface area contributed by atoms with Crippen LogP contribution in [0.15, 0.2) is 102 Å². The smallest absolute Gasteiger partial charge is 0.262 e. The highest BCUT2D eigenvalue weighted by Crippen LogP contribution is 2.50. The molecular formula is C36H36N6O4S. The molecule has 0 saturated carbocycles. The van der Waals surface area contributed by atoms with Crippen LogP contribution in [0.25, 0.3) is 22.0 Å². The van der Waals surface area contributed by atoms with Crippen LogP contribution in [0.1, 0.15) is 12.0 Å². The molecule has 240 valence electrons. The number of aromatic nitrogens is 2. The number of hydrogen-bond donors (Lipinski definition) is 1. The third-order valence-corrected chi connectivity index (χ3v) is 10.3. The number of ether oxygens (including phenoxy) is 1. The second-order valence-electron chi connectivity index (χ2n) is 12.4. The van der Waals surface area contributed by atoms with Gasteiger partial charge in [-0.3, -0.25) is 14.5 Å². The second-order valence-corrected chi connectivity index (χ2v) is 14.1. The van der Waals surface area contributed by atoms with Gasteiger partial charge in [0.25, 0.3) is 10.0 Å². The number of amides is 1. The first-order valence-electron chi connectivity index (χ1n) is 15.5. The van der Waals surface area contributed by atoms with Gasteiger partial charge in [-0.25, -0.2) is 13.4 Å². The molecule has 1 saturated heterocycles. The minimum absolute atomic E-state index is 0.0643. The Morgan fingerprint density at radius 1 is 0.915 bits per heavy atom. The van der Waals surface area contributed by atoms with Crippen molar-refractivity contribution in [3.63, 3.8) is 0 Å². The maximum absolute atomic E-state index is 13.8. The van der Waals surface area contributed by atoms with Crippen molar-refractivity contribution in [1.82, 2.24) is 14.9 Å². The Hall–Kier alpha value is -5.00. The van der Waals surface area contributed by atoms with Gasteiger partial charge in [0.2, 0.25) is 11.8 Å². The molecule has 0 bridgehead atoms. The first-order chi connectivity index (χ1) is 22.7. The molecule has 1 N–H and O–H groups in total. The van der Waals surface area contributed by atoms with Crippen LogP contribution >= 0.6 is 0 Å². The zero-order chi connectivity index (χ0) is 32.8. The lowest BCUT2D eigenvalue weighted by atomic mass is 9.73. The minimum Gasteiger partial charge on any atom is -0.476 e. The van der Waals surface area contributed by atoms with E-state index in [1.165, 1.54) is 0 Å². The monoisotopic (exact) mass is 648 g/mol. The first-order valence-corrected chi connectivity index (χ1v) is 17.0. The third-order valence-electron chi connectivity index (χ3n) is 8.92. The molecule has 11 heteroatoms. The zero-order valence-electron chi connectivity index (χ0n) is 26.6. The van der Waals surface area contributed by atoms with E-state index in [0.29, 0.717) is 25.3 Å². The number of benzene rings is 3. The second kappa shape index (κ2) is 12.0. The van der Waals surface area contributed by atoms with Gasteiger partial charge in [-0.2, -0.15) is 0 Å². The molecule has 2 aliphatic heterocycles. The summed E-state index contributed by atoms with van der Waals surface area (Å²) in [6.45, 7) is 2.34. The lowest BCUT2D eigenvalue weighted by molar-refractivity contribution is -0.123. The summed E-state index contributed by atoms with van der Waals surface area (Å²) in [6.07, 6.45) is 4.23. The number of rotatable bonds is 10. The number of likely N-dealkylation sites (N-methyl/N-ethyl adjacent to an activating group) is 1. The molecule has 10 nitrogen and oxygen atoms in total. The molecular weight excluding hydrogens is 613 g/mol. The number of sulfonamides is 1. The Morgan fingerprint density at radius 2 is 1.64 bits per heavy atom. The highest BCUT2D eigenvalue weighted by Gasteiger charge is 2.58. The van der Waals surface area contributed by atoms with Crippen LogP contribution in [0.3, 0.4) is 0 Å². The Kier molecular flexibility index (Phi) is 7.81. The quantitative estimate of drug-likeness (QED) is 0.207. The van der Waals surface area contributed by atoms with Gasteiger partial charge in [0.15, 0.2) is 0 Å². The number of carbonyl (C=O) groups excluding carboxylic acids is 1. The molecule has 7 rings (SSSR count). The number of carbonyl (C=O) groups is 1. The topological polar surface area (TPSA) is 108 Å². The number of anilines is 3. The average molecular weight is 649 g/mol. The van der Waals surface area contributed by atoms with Gasteiger partial charge in [0.1, 0.15) is 11.1 Å². The first kappa shape index (κ1) is 30.6. The van der Waals surface area contributed by atoms with E-state index in [4.69, 9.17) is 9.72 Å². The van der Waals surface area contributed by atoms with Crippen LogP contribution in [0.4, 0.5) is 17.1 Å². The van der Waals surface area contributed by atoms with Crippen molar-refractivity contribution in [2.75, 3.05) is 61.9 Å². The van der Waals surface area contributed by atoms with E-state index in [2.05, 4.69) is 31.6 Å². The predicted molar refractivity (Wildman–Crippen MR) is 185 cm³/mol. The standard InChI is InChI=1S/C36H36N6O4S/c1-40(2)17-10-18-46-34-31(39-47(44,45)28-13-8-5-9-14-28)20-26(21-38-34)25-15-16-30-29(19-25)33-32(22-37-30)41(3)35(43)36(33)23-42(24-36)27-11-6-4-7-12-27/h4-9,11-16,19-22,39H,10,17-18,23-24H2,1-3H3. The van der Waals surface area contributed by atoms with Crippen LogP contribution < -0.4 is 19.3 Å². The number of para-hydroxylation sites is 1. The lowest BCUT2D eigenvalue weighted by Crippen LogP contribution is -2.64. The molecule has 0 atom stereocenters. The van der Waals surface area contributed by atoms with Gasteiger partial charge < -0.3 is 19.4 Å². The molecule has 0 unspecified atom stereocenters. The molecule has 3 aromatic carbocycles. The summed E-state index contributed by atoms with van der Waals surface area (Å²) in [6, 6.07) is 26.0. The predicted octanol–water partition coefficient (Wildman–Crippen LogP) is 5.16. The van der Waals surface area contributed by atoms with Crippen LogP contribution in [0.2, 0.25) is 0 Å². The van der Waals surface area contributed by atoms with Crippen LogP contribution in [0, 0.1) is 0 Å². The third kappa shape index (κ3) is 5.55. The largest absolute Gasteiger partial charge is 0.476 e. The summed E-state index contributed by atoms with van der Waals surface area (Å²) >= 11 is 0. The number of pyridine rings is 2. The molecule has 47 heavy (non-hydrogen) atoms. The van der Waals surface area contributed by atoms with Crippen molar-refractivity contribution in [1.29, 1.82) is 0 Å². The normalized spacial score (nSPS) is 15.3. The lowest BCUT2D eigenvalue weighted by Gasteiger charge is -2.48. The summed E-state index contributed by atoms with van der Waals surface area (Å²) in [5.74, 6) is 0.270. The Labute approximate surface area is 274 Å². The molecule has 0 aliphatic carbocycles. The Morgan fingerprint density at radius 3 is 2.36 bits per heavy atom. The molecule has 4 heterocycles. The molecule has 5 aromatic rings. The fourth-order valence-corrected chi connectivity index (χ4v) is 7.60. The van der Waals surface area contributed by atoms with Crippen molar-refractivity contribution in [2.24, 2.45) is 0 Å². The molecule has 1 spiro atoms. The number of hydrogen-bond acceptors (Lipinski definition) is 8. The summed E-state index contributed by atoms with van der Waals surface area (Å²) in [4.78, 5) is 29.2. The highest BCUT2D eigenvalue weighted by molar-refractivity contribution is 7.92. The summed E-state index contributed by atoms with van der Waals surface area (Å²) in [5.41, 5.74) is 4.73. The minimum atomic E-state index is -3.91. The van der Waals surface area contributed by atoms with Crippen molar-refractivity contribution in [3.05, 3.63) is 103 Å². The van der Waals surface area contributed by atoms with Gasteiger partial charge in [-0.1, -0.05) is 42.5 Å². The maximum atomic E-state index is 13.8. The van der Waals surface area contributed by atoms with Crippen LogP contribution in [-0.4, -0.2) is 76.6 Å². The van der Waals surface area contributed by atoms with Crippen LogP contribution in [0.5, 0.6) is 5.88 Å². The fourth-order valence-electron chi connectivity index (χ4n) is 6.53. The molecule has 2 aliphatic rings. The number of fused-ring (bicyclic) bond motifs is 4. The average Bonchev–Trinajstić information content (AvgIpc) is 3.29. The molecule has 0 radical (unpaired) electrons. The fraction of sp³-hybridized carbons (Fsp3) is 0.250. The van der Waals surface area contributed by atoms with Gasteiger partial charge in [-0.15, -0.1) is 0 Å². The zero-order valence-corrected chi connectivity index (χ0v) is 27.4.